The molecule has 0 amide bonds. The molecule has 0 spiro atoms. The number of nitrogens with zero attached hydrogens (tertiary/aromatic N) is 1. The largest absolute Gasteiger partial charge is 0.345 e. The van der Waals surface area contributed by atoms with E-state index in [0.29, 0.717) is 12.8 Å². The lowest BCUT2D eigenvalue weighted by Crippen LogP contribution is -2.18. The lowest BCUT2D eigenvalue weighted by atomic mass is 10.2. The van der Waals surface area contributed by atoms with Gasteiger partial charge in [-0.3, -0.25) is 0 Å². The van der Waals surface area contributed by atoms with Crippen LogP contribution in [0.2, 0.25) is 0 Å². The van der Waals surface area contributed by atoms with Gasteiger partial charge in [-0.25, -0.2) is 13.4 Å². The number of hydrogen-bond acceptors (Lipinski definition) is 4. The van der Waals surface area contributed by atoms with Gasteiger partial charge in [0.1, 0.15) is 5.82 Å². The van der Waals surface area contributed by atoms with Crippen molar-refractivity contribution in [1.82, 2.24) is 9.97 Å². The van der Waals surface area contributed by atoms with Crippen molar-refractivity contribution in [2.75, 3.05) is 5.75 Å². The van der Waals surface area contributed by atoms with Crippen LogP contribution in [0.15, 0.2) is 0 Å². The Bertz CT molecular complexity index is 462. The molecule has 0 bridgehead atoms. The smallest absolute Gasteiger partial charge is 0.156 e. The first kappa shape index (κ1) is 10.6. The van der Waals surface area contributed by atoms with Gasteiger partial charge in [-0.1, -0.05) is 0 Å². The van der Waals surface area contributed by atoms with Crippen LogP contribution < -0.4 is 5.73 Å². The van der Waals surface area contributed by atoms with Gasteiger partial charge < -0.3 is 10.7 Å². The second kappa shape index (κ2) is 3.61. The molecule has 1 atom stereocenters. The Kier molecular flexibility index (Phi) is 2.56. The minimum Gasteiger partial charge on any atom is -0.345 e. The summed E-state index contributed by atoms with van der Waals surface area (Å²) in [5.41, 5.74) is 7.29. The molecule has 2 rings (SSSR count). The van der Waals surface area contributed by atoms with Gasteiger partial charge in [0.2, 0.25) is 0 Å². The van der Waals surface area contributed by atoms with E-state index in [-0.39, 0.29) is 17.5 Å². The van der Waals surface area contributed by atoms with Gasteiger partial charge in [0.15, 0.2) is 9.84 Å². The summed E-state index contributed by atoms with van der Waals surface area (Å²) >= 11 is 0. The first-order chi connectivity index (χ1) is 6.96. The zero-order chi connectivity index (χ0) is 11.1. The van der Waals surface area contributed by atoms with Gasteiger partial charge in [-0.15, -0.1) is 0 Å². The lowest BCUT2D eigenvalue weighted by Gasteiger charge is -2.09. The molecule has 15 heavy (non-hydrogen) atoms. The number of sulfone groups is 1. The molecule has 5 nitrogen and oxygen atoms in total. The third-order valence-electron chi connectivity index (χ3n) is 2.44. The number of nitrogens with one attached hydrogen (secondary N) is 1. The monoisotopic (exact) mass is 229 g/mol. The normalized spacial score (nSPS) is 20.9. The van der Waals surface area contributed by atoms with E-state index in [1.807, 2.05) is 6.92 Å². The number of aryl methyl sites for hydroxylation is 1. The molecule has 0 radical (unpaired) electrons. The van der Waals surface area contributed by atoms with Crippen molar-refractivity contribution in [2.24, 2.45) is 5.73 Å². The van der Waals surface area contributed by atoms with Gasteiger partial charge in [-0.05, 0) is 6.92 Å². The summed E-state index contributed by atoms with van der Waals surface area (Å²) in [7, 11) is -2.91. The summed E-state index contributed by atoms with van der Waals surface area (Å²) in [6.45, 7) is 1.90. The van der Waals surface area contributed by atoms with Crippen molar-refractivity contribution in [3.63, 3.8) is 0 Å². The summed E-state index contributed by atoms with van der Waals surface area (Å²) in [5.74, 6) is 1.10. The van der Waals surface area contributed by atoms with Crippen LogP contribution in [0.25, 0.3) is 0 Å². The van der Waals surface area contributed by atoms with E-state index in [9.17, 15) is 8.42 Å². The Morgan fingerprint density at radius 3 is 3.00 bits per heavy atom. The summed E-state index contributed by atoms with van der Waals surface area (Å²) < 4.78 is 22.7. The van der Waals surface area contributed by atoms with Crippen LogP contribution in [0.4, 0.5) is 0 Å². The van der Waals surface area contributed by atoms with Crippen LogP contribution >= 0.6 is 0 Å². The van der Waals surface area contributed by atoms with E-state index in [2.05, 4.69) is 9.97 Å². The third kappa shape index (κ3) is 2.38. The fourth-order valence-electron chi connectivity index (χ4n) is 1.78. The zero-order valence-corrected chi connectivity index (χ0v) is 9.47. The topological polar surface area (TPSA) is 88.8 Å². The highest BCUT2D eigenvalue weighted by Gasteiger charge is 2.24. The lowest BCUT2D eigenvalue weighted by molar-refractivity contribution is 0.590. The van der Waals surface area contributed by atoms with Crippen LogP contribution in [0.5, 0.6) is 0 Å². The minimum absolute atomic E-state index is 0.0363. The van der Waals surface area contributed by atoms with Gasteiger partial charge in [-0.2, -0.15) is 0 Å². The first-order valence-electron chi connectivity index (χ1n) is 4.99. The highest BCUT2D eigenvalue weighted by molar-refractivity contribution is 7.90. The Morgan fingerprint density at radius 1 is 1.60 bits per heavy atom. The maximum atomic E-state index is 11.4. The highest BCUT2D eigenvalue weighted by atomic mass is 32.2. The Balaban J connectivity index is 2.25. The van der Waals surface area contributed by atoms with Crippen LogP contribution in [0.1, 0.15) is 24.1 Å². The number of rotatable bonds is 2. The molecule has 3 N–H and O–H groups in total. The third-order valence-corrected chi connectivity index (χ3v) is 4.00. The molecule has 1 aromatic rings. The zero-order valence-electron chi connectivity index (χ0n) is 8.66. The predicted octanol–water partition coefficient (Wildman–Crippen LogP) is -0.230. The molecule has 1 aromatic heterocycles. The molecule has 1 aliphatic rings. The van der Waals surface area contributed by atoms with Crippen LogP contribution in [-0.4, -0.2) is 30.2 Å². The second-order valence-corrected chi connectivity index (χ2v) is 6.32. The van der Waals surface area contributed by atoms with Crippen molar-refractivity contribution in [1.29, 1.82) is 0 Å². The maximum Gasteiger partial charge on any atom is 0.156 e. The first-order valence-corrected chi connectivity index (χ1v) is 6.81. The number of H-pyrrole nitrogens is 1. The molecule has 0 saturated heterocycles. The quantitative estimate of drug-likeness (QED) is 0.733. The Labute approximate surface area is 89.0 Å². The molecule has 0 aromatic carbocycles. The van der Waals surface area contributed by atoms with Crippen molar-refractivity contribution < 1.29 is 8.42 Å². The summed E-state index contributed by atoms with van der Waals surface area (Å²) in [6.07, 6.45) is 1.18. The van der Waals surface area contributed by atoms with Crippen LogP contribution in [-0.2, 0) is 28.4 Å². The highest BCUT2D eigenvalue weighted by Crippen LogP contribution is 2.18. The van der Waals surface area contributed by atoms with E-state index < -0.39 is 9.84 Å². The minimum atomic E-state index is -2.91. The van der Waals surface area contributed by atoms with E-state index in [4.69, 9.17) is 5.73 Å². The van der Waals surface area contributed by atoms with E-state index in [0.717, 1.165) is 17.2 Å². The van der Waals surface area contributed by atoms with Gasteiger partial charge >= 0.3 is 0 Å². The molecule has 6 heteroatoms. The molecule has 0 aliphatic carbocycles. The van der Waals surface area contributed by atoms with Crippen molar-refractivity contribution in [2.45, 2.75) is 31.6 Å². The van der Waals surface area contributed by atoms with Crippen LogP contribution in [0.3, 0.4) is 0 Å². The predicted molar refractivity (Wildman–Crippen MR) is 57.1 cm³/mol. The molecule has 2 heterocycles. The second-order valence-electron chi connectivity index (χ2n) is 4.13. The van der Waals surface area contributed by atoms with Crippen LogP contribution in [0, 0.1) is 0 Å². The number of hydrogen-bond donors (Lipinski definition) is 2. The number of fused-ring (bicyclic) bond motifs is 1. The Hall–Kier alpha value is -0.880. The molecule has 0 fully saturated rings. The number of aromatic nitrogens is 2. The van der Waals surface area contributed by atoms with Crippen molar-refractivity contribution in [3.05, 3.63) is 17.2 Å². The SMILES string of the molecule is CC(N)Cc1nc2c([nH]1)CS(=O)(=O)CC2. The molecule has 84 valence electrons. The van der Waals surface area contributed by atoms with E-state index in [1.165, 1.54) is 0 Å². The number of nitrogens with two attached hydrogens (primary N) is 1. The Morgan fingerprint density at radius 2 is 2.33 bits per heavy atom. The fourth-order valence-corrected chi connectivity index (χ4v) is 3.10. The maximum absolute atomic E-state index is 11.4. The average molecular weight is 229 g/mol. The fraction of sp³-hybridized carbons (Fsp3) is 0.667. The molecule has 1 aliphatic heterocycles. The standard InChI is InChI=1S/C9H15N3O2S/c1-6(10)4-9-11-7-2-3-15(13,14)5-8(7)12-9/h6H,2-5,10H2,1H3,(H,11,12). The summed E-state index contributed by atoms with van der Waals surface area (Å²) in [4.78, 5) is 7.41. The van der Waals surface area contributed by atoms with Crippen molar-refractivity contribution >= 4 is 9.84 Å². The van der Waals surface area contributed by atoms with Gasteiger partial charge in [0.25, 0.3) is 0 Å². The number of imidazole rings is 1. The molecule has 1 unspecified atom stereocenters. The van der Waals surface area contributed by atoms with E-state index >= 15 is 0 Å². The van der Waals surface area contributed by atoms with E-state index in [1.54, 1.807) is 0 Å². The van der Waals surface area contributed by atoms with Gasteiger partial charge in [0, 0.05) is 18.9 Å². The molecule has 0 saturated carbocycles. The average Bonchev–Trinajstić information content (AvgIpc) is 2.42. The summed E-state index contributed by atoms with van der Waals surface area (Å²) in [6, 6.07) is 0.0363. The molecular weight excluding hydrogens is 214 g/mol. The summed E-state index contributed by atoms with van der Waals surface area (Å²) in [5, 5.41) is 0. The van der Waals surface area contributed by atoms with Gasteiger partial charge in [0.05, 0.1) is 22.9 Å². The molecular formula is C9H15N3O2S. The number of aromatic amines is 1. The van der Waals surface area contributed by atoms with Crippen molar-refractivity contribution in [3.8, 4) is 0 Å².